The molecular weight excluding hydrogens is 340 g/mol. The van der Waals surface area contributed by atoms with Crippen molar-refractivity contribution in [3.05, 3.63) is 71.0 Å². The Morgan fingerprint density at radius 3 is 2.48 bits per heavy atom. The lowest BCUT2D eigenvalue weighted by Crippen LogP contribution is -2.27. The molecule has 0 fully saturated rings. The molecule has 0 atom stereocenters. The molecule has 7 heteroatoms. The van der Waals surface area contributed by atoms with Gasteiger partial charge < -0.3 is 9.64 Å². The van der Waals surface area contributed by atoms with E-state index < -0.39 is 0 Å². The summed E-state index contributed by atoms with van der Waals surface area (Å²) in [4.78, 5) is 14.4. The number of para-hydroxylation sites is 1. The van der Waals surface area contributed by atoms with Crippen LogP contribution in [0.3, 0.4) is 0 Å². The number of methoxy groups -OCH3 is 1. The fraction of sp³-hybridized carbons (Fsp3) is 0.167. The summed E-state index contributed by atoms with van der Waals surface area (Å²) < 4.78 is 6.84. The molecule has 1 aromatic heterocycles. The molecule has 1 amide bonds. The lowest BCUT2D eigenvalue weighted by atomic mass is 10.2. The Labute approximate surface area is 150 Å². The number of anilines is 1. The standard InChI is InChI=1S/C18H17ClN4O2/c1-22(14-6-4-3-5-7-14)18(24)17-16(12-25-2)23(21-20-17)15-10-8-13(19)9-11-15/h3-11H,12H2,1-2H3. The number of rotatable bonds is 5. The lowest BCUT2D eigenvalue weighted by Gasteiger charge is -2.16. The molecular formula is C18H17ClN4O2. The van der Waals surface area contributed by atoms with Gasteiger partial charge in [0.15, 0.2) is 5.69 Å². The molecule has 6 nitrogen and oxygen atoms in total. The minimum absolute atomic E-state index is 0.208. The Morgan fingerprint density at radius 1 is 1.16 bits per heavy atom. The fourth-order valence-electron chi connectivity index (χ4n) is 2.45. The van der Waals surface area contributed by atoms with Crippen molar-refractivity contribution in [2.24, 2.45) is 0 Å². The third-order valence-corrected chi connectivity index (χ3v) is 4.02. The van der Waals surface area contributed by atoms with Crippen molar-refractivity contribution >= 4 is 23.2 Å². The molecule has 3 aromatic rings. The van der Waals surface area contributed by atoms with Crippen molar-refractivity contribution < 1.29 is 9.53 Å². The Bertz CT molecular complexity index is 863. The highest BCUT2D eigenvalue weighted by Gasteiger charge is 2.24. The van der Waals surface area contributed by atoms with E-state index in [-0.39, 0.29) is 18.2 Å². The van der Waals surface area contributed by atoms with E-state index in [0.717, 1.165) is 11.4 Å². The normalized spacial score (nSPS) is 10.7. The number of carbonyl (C=O) groups is 1. The van der Waals surface area contributed by atoms with Crippen LogP contribution >= 0.6 is 11.6 Å². The molecule has 0 aliphatic carbocycles. The maximum Gasteiger partial charge on any atom is 0.280 e. The summed E-state index contributed by atoms with van der Waals surface area (Å²) >= 11 is 5.93. The van der Waals surface area contributed by atoms with Crippen molar-refractivity contribution in [2.45, 2.75) is 6.61 Å². The van der Waals surface area contributed by atoms with Gasteiger partial charge >= 0.3 is 0 Å². The first kappa shape index (κ1) is 17.1. The molecule has 0 aliphatic heterocycles. The SMILES string of the molecule is COCc1c(C(=O)N(C)c2ccccc2)nnn1-c1ccc(Cl)cc1. The van der Waals surface area contributed by atoms with Gasteiger partial charge in [0.1, 0.15) is 5.69 Å². The van der Waals surface area contributed by atoms with Crippen LogP contribution in [0.1, 0.15) is 16.2 Å². The van der Waals surface area contributed by atoms with Crippen LogP contribution in [0, 0.1) is 0 Å². The molecule has 128 valence electrons. The van der Waals surface area contributed by atoms with Gasteiger partial charge in [-0.15, -0.1) is 5.10 Å². The molecule has 1 heterocycles. The molecule has 0 aliphatic rings. The van der Waals surface area contributed by atoms with E-state index in [2.05, 4.69) is 10.3 Å². The van der Waals surface area contributed by atoms with Crippen LogP contribution in [0.5, 0.6) is 0 Å². The van der Waals surface area contributed by atoms with Crippen LogP contribution in [0.4, 0.5) is 5.69 Å². The first-order valence-electron chi connectivity index (χ1n) is 7.64. The molecule has 0 spiro atoms. The molecule has 25 heavy (non-hydrogen) atoms. The zero-order chi connectivity index (χ0) is 17.8. The molecule has 2 aromatic carbocycles. The number of halogens is 1. The van der Waals surface area contributed by atoms with Crippen molar-refractivity contribution in [3.63, 3.8) is 0 Å². The number of hydrogen-bond donors (Lipinski definition) is 0. The number of carbonyl (C=O) groups excluding carboxylic acids is 1. The van der Waals surface area contributed by atoms with Crippen molar-refractivity contribution in [2.75, 3.05) is 19.1 Å². The second kappa shape index (κ2) is 7.46. The topological polar surface area (TPSA) is 60.2 Å². The molecule has 0 radical (unpaired) electrons. The number of amides is 1. The first-order valence-corrected chi connectivity index (χ1v) is 8.02. The van der Waals surface area contributed by atoms with Gasteiger partial charge in [0.2, 0.25) is 0 Å². The number of nitrogens with zero attached hydrogens (tertiary/aromatic N) is 4. The number of hydrogen-bond acceptors (Lipinski definition) is 4. The van der Waals surface area contributed by atoms with Gasteiger partial charge in [-0.2, -0.15) is 0 Å². The monoisotopic (exact) mass is 356 g/mol. The molecule has 0 saturated carbocycles. The number of benzene rings is 2. The van der Waals surface area contributed by atoms with Gasteiger partial charge in [0.05, 0.1) is 12.3 Å². The first-order chi connectivity index (χ1) is 12.1. The summed E-state index contributed by atoms with van der Waals surface area (Å²) in [5.74, 6) is -0.251. The van der Waals surface area contributed by atoms with Crippen molar-refractivity contribution in [3.8, 4) is 5.69 Å². The van der Waals surface area contributed by atoms with Crippen LogP contribution in [-0.4, -0.2) is 35.1 Å². The summed E-state index contributed by atoms with van der Waals surface area (Å²) in [5, 5.41) is 8.84. The maximum absolute atomic E-state index is 12.9. The zero-order valence-electron chi connectivity index (χ0n) is 13.9. The average Bonchev–Trinajstić information content (AvgIpc) is 3.06. The summed E-state index contributed by atoms with van der Waals surface area (Å²) in [7, 11) is 3.27. The van der Waals surface area contributed by atoms with Crippen LogP contribution in [0.15, 0.2) is 54.6 Å². The minimum Gasteiger partial charge on any atom is -0.378 e. The highest BCUT2D eigenvalue weighted by Crippen LogP contribution is 2.20. The van der Waals surface area contributed by atoms with E-state index in [1.807, 2.05) is 42.5 Å². The molecule has 3 rings (SSSR count). The van der Waals surface area contributed by atoms with Gasteiger partial charge in [0, 0.05) is 24.9 Å². The summed E-state index contributed by atoms with van der Waals surface area (Å²) in [6.07, 6.45) is 0. The Kier molecular flexibility index (Phi) is 5.11. The minimum atomic E-state index is -0.251. The second-order valence-corrected chi connectivity index (χ2v) is 5.84. The summed E-state index contributed by atoms with van der Waals surface area (Å²) in [6.45, 7) is 0.208. The van der Waals surface area contributed by atoms with E-state index >= 15 is 0 Å². The van der Waals surface area contributed by atoms with Gasteiger partial charge in [-0.25, -0.2) is 4.68 Å². The van der Waals surface area contributed by atoms with E-state index in [4.69, 9.17) is 16.3 Å². The average molecular weight is 357 g/mol. The third kappa shape index (κ3) is 3.55. The quantitative estimate of drug-likeness (QED) is 0.703. The smallest absolute Gasteiger partial charge is 0.280 e. The molecule has 0 N–H and O–H groups in total. The third-order valence-electron chi connectivity index (χ3n) is 3.77. The highest BCUT2D eigenvalue weighted by atomic mass is 35.5. The largest absolute Gasteiger partial charge is 0.378 e. The van der Waals surface area contributed by atoms with Crippen molar-refractivity contribution in [1.82, 2.24) is 15.0 Å². The second-order valence-electron chi connectivity index (χ2n) is 5.41. The highest BCUT2D eigenvalue weighted by molar-refractivity contribution is 6.30. The van der Waals surface area contributed by atoms with Crippen molar-refractivity contribution in [1.29, 1.82) is 0 Å². The predicted octanol–water partition coefficient (Wildman–Crippen LogP) is 3.34. The lowest BCUT2D eigenvalue weighted by molar-refractivity contribution is 0.0983. The predicted molar refractivity (Wildman–Crippen MR) is 96.3 cm³/mol. The summed E-state index contributed by atoms with van der Waals surface area (Å²) in [5.41, 5.74) is 2.36. The Balaban J connectivity index is 1.99. The van der Waals surface area contributed by atoms with Crippen LogP contribution < -0.4 is 4.90 Å². The number of aromatic nitrogens is 3. The number of ether oxygens (including phenoxy) is 1. The van der Waals surface area contributed by atoms with Crippen LogP contribution in [-0.2, 0) is 11.3 Å². The molecule has 0 unspecified atom stereocenters. The fourth-order valence-corrected chi connectivity index (χ4v) is 2.58. The van der Waals surface area contributed by atoms with E-state index in [0.29, 0.717) is 10.7 Å². The van der Waals surface area contributed by atoms with E-state index in [1.54, 1.807) is 31.0 Å². The Hall–Kier alpha value is -2.70. The van der Waals surface area contributed by atoms with Crippen LogP contribution in [0.2, 0.25) is 5.02 Å². The van der Waals surface area contributed by atoms with E-state index in [9.17, 15) is 4.79 Å². The zero-order valence-corrected chi connectivity index (χ0v) is 14.6. The van der Waals surface area contributed by atoms with E-state index in [1.165, 1.54) is 4.90 Å². The molecule has 0 bridgehead atoms. The Morgan fingerprint density at radius 2 is 1.84 bits per heavy atom. The van der Waals surface area contributed by atoms with Gasteiger partial charge in [-0.3, -0.25) is 4.79 Å². The maximum atomic E-state index is 12.9. The summed E-state index contributed by atoms with van der Waals surface area (Å²) in [6, 6.07) is 16.5. The van der Waals surface area contributed by atoms with Gasteiger partial charge in [0.25, 0.3) is 5.91 Å². The molecule has 0 saturated heterocycles. The van der Waals surface area contributed by atoms with Crippen LogP contribution in [0.25, 0.3) is 5.69 Å². The van der Waals surface area contributed by atoms with Gasteiger partial charge in [-0.1, -0.05) is 35.0 Å². The van der Waals surface area contributed by atoms with Gasteiger partial charge in [-0.05, 0) is 36.4 Å².